The second kappa shape index (κ2) is 7.88. The molecular weight excluding hydrogens is 336 g/mol. The minimum absolute atomic E-state index is 0.0293. The van der Waals surface area contributed by atoms with Crippen molar-refractivity contribution >= 4 is 17.7 Å². The topological polar surface area (TPSA) is 102 Å². The molecule has 1 fully saturated rings. The molecule has 136 valence electrons. The minimum Gasteiger partial charge on any atom is -0.490 e. The summed E-state index contributed by atoms with van der Waals surface area (Å²) in [5.41, 5.74) is 8.03. The van der Waals surface area contributed by atoms with Crippen molar-refractivity contribution in [2.75, 3.05) is 18.1 Å². The third kappa shape index (κ3) is 4.31. The van der Waals surface area contributed by atoms with Crippen LogP contribution in [0.15, 0.2) is 48.5 Å². The summed E-state index contributed by atoms with van der Waals surface area (Å²) in [6.07, 6.45) is -0.815. The molecule has 3 N–H and O–H groups in total. The van der Waals surface area contributed by atoms with Crippen LogP contribution in [0, 0.1) is 0 Å². The predicted molar refractivity (Wildman–Crippen MR) is 95.2 cm³/mol. The molecular formula is C19H20N2O5. The highest BCUT2D eigenvalue weighted by Crippen LogP contribution is 2.23. The lowest BCUT2D eigenvalue weighted by Crippen LogP contribution is -2.26. The molecule has 26 heavy (non-hydrogen) atoms. The minimum atomic E-state index is -0.879. The molecule has 1 atom stereocenters. The fraction of sp³-hybridized carbons (Fsp3) is 0.263. The summed E-state index contributed by atoms with van der Waals surface area (Å²) in [6, 6.07) is 14.3. The summed E-state index contributed by atoms with van der Waals surface area (Å²) in [7, 11) is 0. The van der Waals surface area contributed by atoms with E-state index >= 15 is 0 Å². The van der Waals surface area contributed by atoms with E-state index < -0.39 is 12.1 Å². The molecule has 0 aliphatic carbocycles. The van der Waals surface area contributed by atoms with Crippen molar-refractivity contribution in [1.82, 2.24) is 0 Å². The number of carboxylic acids is 1. The normalized spacial score (nSPS) is 16.4. The van der Waals surface area contributed by atoms with Crippen LogP contribution in [0.25, 0.3) is 0 Å². The molecule has 1 unspecified atom stereocenters. The van der Waals surface area contributed by atoms with Gasteiger partial charge < -0.3 is 20.3 Å². The first-order chi connectivity index (χ1) is 12.5. The van der Waals surface area contributed by atoms with E-state index in [9.17, 15) is 9.59 Å². The first-order valence-corrected chi connectivity index (χ1v) is 8.26. The average molecular weight is 356 g/mol. The monoisotopic (exact) mass is 356 g/mol. The maximum Gasteiger partial charge on any atom is 0.414 e. The highest BCUT2D eigenvalue weighted by atomic mass is 16.6. The number of hydrogen-bond donors (Lipinski definition) is 2. The first-order valence-electron chi connectivity index (χ1n) is 8.26. The molecule has 7 heteroatoms. The highest BCUT2D eigenvalue weighted by molar-refractivity contribution is 5.89. The van der Waals surface area contributed by atoms with E-state index in [0.717, 1.165) is 11.3 Å². The largest absolute Gasteiger partial charge is 0.490 e. The lowest BCUT2D eigenvalue weighted by molar-refractivity contribution is -0.136. The number of nitrogens with zero attached hydrogens (tertiary/aromatic N) is 1. The summed E-state index contributed by atoms with van der Waals surface area (Å²) in [5.74, 6) is -0.281. The number of aliphatic carboxylic acids is 1. The van der Waals surface area contributed by atoms with Gasteiger partial charge in [0.05, 0.1) is 13.0 Å². The molecule has 3 rings (SSSR count). The maximum atomic E-state index is 12.1. The smallest absolute Gasteiger partial charge is 0.414 e. The van der Waals surface area contributed by atoms with Crippen molar-refractivity contribution in [2.24, 2.45) is 5.73 Å². The molecule has 2 aromatic carbocycles. The van der Waals surface area contributed by atoms with E-state index in [1.54, 1.807) is 29.2 Å². The zero-order valence-electron chi connectivity index (χ0n) is 14.1. The molecule has 0 saturated carbocycles. The number of amides is 1. The van der Waals surface area contributed by atoms with Gasteiger partial charge >= 0.3 is 12.1 Å². The number of nitrogens with two attached hydrogens (primary N) is 1. The molecule has 1 aliphatic heterocycles. The van der Waals surface area contributed by atoms with E-state index in [-0.39, 0.29) is 19.1 Å². The van der Waals surface area contributed by atoms with Gasteiger partial charge in [-0.3, -0.25) is 9.69 Å². The molecule has 1 heterocycles. The average Bonchev–Trinajstić information content (AvgIpc) is 3.01. The van der Waals surface area contributed by atoms with Gasteiger partial charge in [0.2, 0.25) is 0 Å². The third-order valence-electron chi connectivity index (χ3n) is 4.07. The first kappa shape index (κ1) is 17.8. The van der Waals surface area contributed by atoms with Crippen LogP contribution in [0.1, 0.15) is 11.1 Å². The van der Waals surface area contributed by atoms with Crippen molar-refractivity contribution in [3.05, 3.63) is 59.7 Å². The van der Waals surface area contributed by atoms with Crippen LogP contribution in [0.3, 0.4) is 0 Å². The Labute approximate surface area is 150 Å². The standard InChI is InChI=1S/C19H20N2O5/c20-10-14-1-5-15(6-2-14)21-11-17(26-19(21)24)12-25-16-7-3-13(4-8-16)9-18(22)23/h1-8,17H,9-12,20H2,(H,22,23). The summed E-state index contributed by atoms with van der Waals surface area (Å²) in [4.78, 5) is 24.3. The number of benzene rings is 2. The maximum absolute atomic E-state index is 12.1. The number of cyclic esters (lactones) is 1. The zero-order valence-corrected chi connectivity index (χ0v) is 14.1. The molecule has 2 aromatic rings. The van der Waals surface area contributed by atoms with Crippen molar-refractivity contribution in [2.45, 2.75) is 19.1 Å². The highest BCUT2D eigenvalue weighted by Gasteiger charge is 2.32. The van der Waals surface area contributed by atoms with Gasteiger partial charge in [0.1, 0.15) is 12.4 Å². The van der Waals surface area contributed by atoms with Gasteiger partial charge in [0.15, 0.2) is 6.10 Å². The van der Waals surface area contributed by atoms with E-state index in [4.69, 9.17) is 20.3 Å². The van der Waals surface area contributed by atoms with Gasteiger partial charge in [0, 0.05) is 12.2 Å². The van der Waals surface area contributed by atoms with Crippen molar-refractivity contribution in [3.63, 3.8) is 0 Å². The fourth-order valence-corrected chi connectivity index (χ4v) is 2.70. The zero-order chi connectivity index (χ0) is 18.5. The molecule has 0 radical (unpaired) electrons. The van der Waals surface area contributed by atoms with Crippen LogP contribution < -0.4 is 15.4 Å². The Kier molecular flexibility index (Phi) is 5.38. The van der Waals surface area contributed by atoms with Crippen molar-refractivity contribution in [1.29, 1.82) is 0 Å². The Bertz CT molecular complexity index is 774. The molecule has 1 saturated heterocycles. The predicted octanol–water partition coefficient (Wildman–Crippen LogP) is 2.18. The number of carbonyl (C=O) groups is 2. The van der Waals surface area contributed by atoms with Gasteiger partial charge in [0.25, 0.3) is 0 Å². The number of rotatable bonds is 7. The number of carboxylic acid groups (broad SMARTS) is 1. The van der Waals surface area contributed by atoms with E-state index in [0.29, 0.717) is 24.4 Å². The van der Waals surface area contributed by atoms with Crippen LogP contribution >= 0.6 is 0 Å². The molecule has 0 aromatic heterocycles. The Balaban J connectivity index is 1.54. The van der Waals surface area contributed by atoms with Gasteiger partial charge in [-0.05, 0) is 35.4 Å². The number of hydrogen-bond acceptors (Lipinski definition) is 5. The third-order valence-corrected chi connectivity index (χ3v) is 4.07. The van der Waals surface area contributed by atoms with Gasteiger partial charge in [-0.1, -0.05) is 24.3 Å². The lowest BCUT2D eigenvalue weighted by Gasteiger charge is -2.13. The van der Waals surface area contributed by atoms with Crippen LogP contribution in [0.5, 0.6) is 5.75 Å². The summed E-state index contributed by atoms with van der Waals surface area (Å²) >= 11 is 0. The Morgan fingerprint density at radius 3 is 2.42 bits per heavy atom. The van der Waals surface area contributed by atoms with Gasteiger partial charge in [-0.15, -0.1) is 0 Å². The summed E-state index contributed by atoms with van der Waals surface area (Å²) < 4.78 is 11.0. The molecule has 7 nitrogen and oxygen atoms in total. The number of carbonyl (C=O) groups excluding carboxylic acids is 1. The van der Waals surface area contributed by atoms with Crippen LogP contribution in [0.2, 0.25) is 0 Å². The van der Waals surface area contributed by atoms with E-state index in [2.05, 4.69) is 0 Å². The van der Waals surface area contributed by atoms with Crippen LogP contribution in [-0.4, -0.2) is 36.4 Å². The Morgan fingerprint density at radius 2 is 1.81 bits per heavy atom. The lowest BCUT2D eigenvalue weighted by atomic mass is 10.1. The van der Waals surface area contributed by atoms with Gasteiger partial charge in [-0.2, -0.15) is 0 Å². The summed E-state index contributed by atoms with van der Waals surface area (Å²) in [6.45, 7) is 1.08. The van der Waals surface area contributed by atoms with Gasteiger partial charge in [-0.25, -0.2) is 4.79 Å². The van der Waals surface area contributed by atoms with E-state index in [1.165, 1.54) is 0 Å². The summed E-state index contributed by atoms with van der Waals surface area (Å²) in [5, 5.41) is 8.77. The molecule has 1 amide bonds. The van der Waals surface area contributed by atoms with Crippen molar-refractivity contribution < 1.29 is 24.2 Å². The molecule has 0 bridgehead atoms. The fourth-order valence-electron chi connectivity index (χ4n) is 2.70. The SMILES string of the molecule is NCc1ccc(N2CC(COc3ccc(CC(=O)O)cc3)OC2=O)cc1. The Morgan fingerprint density at radius 1 is 1.15 bits per heavy atom. The second-order valence-electron chi connectivity index (χ2n) is 6.01. The molecule has 1 aliphatic rings. The van der Waals surface area contributed by atoms with Crippen LogP contribution in [-0.2, 0) is 22.5 Å². The Hall–Kier alpha value is -3.06. The van der Waals surface area contributed by atoms with Crippen molar-refractivity contribution in [3.8, 4) is 5.75 Å². The van der Waals surface area contributed by atoms with Crippen LogP contribution in [0.4, 0.5) is 10.5 Å². The quantitative estimate of drug-likeness (QED) is 0.788. The molecule has 0 spiro atoms. The number of anilines is 1. The second-order valence-corrected chi connectivity index (χ2v) is 6.01. The van der Waals surface area contributed by atoms with E-state index in [1.807, 2.05) is 24.3 Å². The number of ether oxygens (including phenoxy) is 2.